The maximum atomic E-state index is 11.1. The fraction of sp³-hybridized carbons (Fsp3) is 0.286. The van der Waals surface area contributed by atoms with E-state index in [0.717, 1.165) is 23.4 Å². The van der Waals surface area contributed by atoms with Crippen LogP contribution in [0.3, 0.4) is 0 Å². The molecular weight excluding hydrogens is 228 g/mol. The molecule has 0 bridgehead atoms. The molecule has 2 aromatic rings. The van der Waals surface area contributed by atoms with E-state index in [1.165, 1.54) is 0 Å². The molecule has 1 unspecified atom stereocenters. The molecule has 0 amide bonds. The number of nitrogens with zero attached hydrogens (tertiary/aromatic N) is 2. The number of carboxylic acids is 1. The van der Waals surface area contributed by atoms with Gasteiger partial charge in [0, 0.05) is 17.7 Å². The van der Waals surface area contributed by atoms with Gasteiger partial charge in [0.05, 0.1) is 17.8 Å². The summed E-state index contributed by atoms with van der Waals surface area (Å²) in [6, 6.07) is 9.77. The second-order valence-electron chi connectivity index (χ2n) is 4.19. The summed E-state index contributed by atoms with van der Waals surface area (Å²) in [5.41, 5.74) is 2.66. The van der Waals surface area contributed by atoms with Gasteiger partial charge in [-0.25, -0.2) is 0 Å². The SMILES string of the molecule is CCn1ncc(C(C)C(=O)O)c1-c1ccccc1. The summed E-state index contributed by atoms with van der Waals surface area (Å²) in [7, 11) is 0. The minimum Gasteiger partial charge on any atom is -0.481 e. The fourth-order valence-electron chi connectivity index (χ4n) is 2.00. The van der Waals surface area contributed by atoms with Crippen LogP contribution in [0.15, 0.2) is 36.5 Å². The zero-order valence-corrected chi connectivity index (χ0v) is 10.5. The van der Waals surface area contributed by atoms with Crippen molar-refractivity contribution < 1.29 is 9.90 Å². The molecule has 2 rings (SSSR count). The molecule has 94 valence electrons. The van der Waals surface area contributed by atoms with Crippen LogP contribution in [0.2, 0.25) is 0 Å². The molecule has 0 aliphatic carbocycles. The van der Waals surface area contributed by atoms with Gasteiger partial charge in [0.25, 0.3) is 0 Å². The Morgan fingerprint density at radius 1 is 1.39 bits per heavy atom. The minimum atomic E-state index is -0.831. The third kappa shape index (κ3) is 2.14. The first-order valence-electron chi connectivity index (χ1n) is 5.99. The minimum absolute atomic E-state index is 0.555. The molecule has 1 aromatic carbocycles. The summed E-state index contributed by atoms with van der Waals surface area (Å²) in [5.74, 6) is -1.39. The molecule has 1 aromatic heterocycles. The van der Waals surface area contributed by atoms with E-state index >= 15 is 0 Å². The predicted molar refractivity (Wildman–Crippen MR) is 69.4 cm³/mol. The predicted octanol–water partition coefficient (Wildman–Crippen LogP) is 2.76. The van der Waals surface area contributed by atoms with Crippen molar-refractivity contribution in [2.24, 2.45) is 0 Å². The van der Waals surface area contributed by atoms with Crippen LogP contribution in [0, 0.1) is 0 Å². The summed E-state index contributed by atoms with van der Waals surface area (Å²) in [6.45, 7) is 4.40. The molecule has 0 aliphatic heterocycles. The highest BCUT2D eigenvalue weighted by atomic mass is 16.4. The van der Waals surface area contributed by atoms with E-state index in [4.69, 9.17) is 5.11 Å². The number of carbonyl (C=O) groups is 1. The number of hydrogen-bond donors (Lipinski definition) is 1. The monoisotopic (exact) mass is 244 g/mol. The van der Waals surface area contributed by atoms with E-state index < -0.39 is 11.9 Å². The van der Waals surface area contributed by atoms with Crippen molar-refractivity contribution in [2.75, 3.05) is 0 Å². The van der Waals surface area contributed by atoms with Crippen LogP contribution in [-0.4, -0.2) is 20.9 Å². The Labute approximate surface area is 106 Å². The van der Waals surface area contributed by atoms with Gasteiger partial charge in [0.2, 0.25) is 0 Å². The molecule has 1 N–H and O–H groups in total. The Morgan fingerprint density at radius 2 is 2.06 bits per heavy atom. The molecule has 0 saturated heterocycles. The normalized spacial score (nSPS) is 12.3. The van der Waals surface area contributed by atoms with Crippen molar-refractivity contribution in [3.8, 4) is 11.3 Å². The van der Waals surface area contributed by atoms with Gasteiger partial charge < -0.3 is 5.11 Å². The van der Waals surface area contributed by atoms with Gasteiger partial charge in [-0.2, -0.15) is 5.10 Å². The first kappa shape index (κ1) is 12.4. The summed E-state index contributed by atoms with van der Waals surface area (Å²) in [6.07, 6.45) is 1.66. The van der Waals surface area contributed by atoms with Crippen LogP contribution in [0.5, 0.6) is 0 Å². The molecule has 0 saturated carbocycles. The van der Waals surface area contributed by atoms with Gasteiger partial charge >= 0.3 is 5.97 Å². The molecule has 0 aliphatic rings. The topological polar surface area (TPSA) is 55.1 Å². The molecular formula is C14H16N2O2. The second kappa shape index (κ2) is 5.04. The van der Waals surface area contributed by atoms with Crippen molar-refractivity contribution in [2.45, 2.75) is 26.3 Å². The van der Waals surface area contributed by atoms with Crippen molar-refractivity contribution in [3.05, 3.63) is 42.1 Å². The summed E-state index contributed by atoms with van der Waals surface area (Å²) in [5, 5.41) is 13.4. The molecule has 0 spiro atoms. The van der Waals surface area contributed by atoms with E-state index in [2.05, 4.69) is 5.10 Å². The molecule has 0 fully saturated rings. The Balaban J connectivity index is 2.57. The average molecular weight is 244 g/mol. The van der Waals surface area contributed by atoms with E-state index in [0.29, 0.717) is 0 Å². The number of benzene rings is 1. The number of carboxylic acid groups (broad SMARTS) is 1. The van der Waals surface area contributed by atoms with E-state index in [-0.39, 0.29) is 0 Å². The third-order valence-electron chi connectivity index (χ3n) is 3.05. The van der Waals surface area contributed by atoms with Crippen molar-refractivity contribution in [1.82, 2.24) is 9.78 Å². The summed E-state index contributed by atoms with van der Waals surface area (Å²) in [4.78, 5) is 11.1. The van der Waals surface area contributed by atoms with Crippen LogP contribution in [-0.2, 0) is 11.3 Å². The zero-order chi connectivity index (χ0) is 13.1. The van der Waals surface area contributed by atoms with Crippen LogP contribution < -0.4 is 0 Å². The summed E-state index contributed by atoms with van der Waals surface area (Å²) < 4.78 is 1.84. The number of rotatable bonds is 4. The Morgan fingerprint density at radius 3 is 2.61 bits per heavy atom. The maximum Gasteiger partial charge on any atom is 0.310 e. The Bertz CT molecular complexity index is 546. The van der Waals surface area contributed by atoms with Crippen LogP contribution >= 0.6 is 0 Å². The Hall–Kier alpha value is -2.10. The smallest absolute Gasteiger partial charge is 0.310 e. The second-order valence-corrected chi connectivity index (χ2v) is 4.19. The standard InChI is InChI=1S/C14H16N2O2/c1-3-16-13(11-7-5-4-6-8-11)12(9-15-16)10(2)14(17)18/h4-10H,3H2,1-2H3,(H,17,18). The van der Waals surface area contributed by atoms with Crippen molar-refractivity contribution in [3.63, 3.8) is 0 Å². The van der Waals surface area contributed by atoms with Gasteiger partial charge in [-0.3, -0.25) is 9.48 Å². The summed E-state index contributed by atoms with van der Waals surface area (Å²) >= 11 is 0. The van der Waals surface area contributed by atoms with E-state index in [9.17, 15) is 4.79 Å². The zero-order valence-electron chi connectivity index (χ0n) is 10.5. The van der Waals surface area contributed by atoms with Crippen LogP contribution in [0.1, 0.15) is 25.3 Å². The number of aliphatic carboxylic acids is 1. The largest absolute Gasteiger partial charge is 0.481 e. The molecule has 1 heterocycles. The molecule has 4 heteroatoms. The number of hydrogen-bond acceptors (Lipinski definition) is 2. The van der Waals surface area contributed by atoms with Crippen molar-refractivity contribution in [1.29, 1.82) is 0 Å². The lowest BCUT2D eigenvalue weighted by Gasteiger charge is -2.10. The quantitative estimate of drug-likeness (QED) is 0.899. The van der Waals surface area contributed by atoms with Gasteiger partial charge in [0.15, 0.2) is 0 Å². The lowest BCUT2D eigenvalue weighted by atomic mass is 9.98. The highest BCUT2D eigenvalue weighted by molar-refractivity contribution is 5.79. The average Bonchev–Trinajstić information content (AvgIpc) is 2.82. The van der Waals surface area contributed by atoms with Gasteiger partial charge in [-0.05, 0) is 13.8 Å². The van der Waals surface area contributed by atoms with Gasteiger partial charge in [-0.1, -0.05) is 30.3 Å². The fourth-order valence-corrected chi connectivity index (χ4v) is 2.00. The highest BCUT2D eigenvalue weighted by Crippen LogP contribution is 2.29. The van der Waals surface area contributed by atoms with E-state index in [1.54, 1.807) is 13.1 Å². The lowest BCUT2D eigenvalue weighted by Crippen LogP contribution is -2.09. The Kier molecular flexibility index (Phi) is 3.46. The molecule has 4 nitrogen and oxygen atoms in total. The highest BCUT2D eigenvalue weighted by Gasteiger charge is 2.22. The van der Waals surface area contributed by atoms with Crippen LogP contribution in [0.25, 0.3) is 11.3 Å². The number of aryl methyl sites for hydroxylation is 1. The lowest BCUT2D eigenvalue weighted by molar-refractivity contribution is -0.138. The maximum absolute atomic E-state index is 11.1. The first-order chi connectivity index (χ1) is 8.65. The van der Waals surface area contributed by atoms with Crippen molar-refractivity contribution >= 4 is 5.97 Å². The van der Waals surface area contributed by atoms with E-state index in [1.807, 2.05) is 41.9 Å². The first-order valence-corrected chi connectivity index (χ1v) is 5.99. The molecule has 0 radical (unpaired) electrons. The van der Waals surface area contributed by atoms with Crippen LogP contribution in [0.4, 0.5) is 0 Å². The molecule has 18 heavy (non-hydrogen) atoms. The number of aromatic nitrogens is 2. The van der Waals surface area contributed by atoms with Gasteiger partial charge in [-0.15, -0.1) is 0 Å². The molecule has 1 atom stereocenters. The third-order valence-corrected chi connectivity index (χ3v) is 3.05. The van der Waals surface area contributed by atoms with Gasteiger partial charge in [0.1, 0.15) is 0 Å².